The van der Waals surface area contributed by atoms with E-state index in [2.05, 4.69) is 25.6 Å². The van der Waals surface area contributed by atoms with Crippen LogP contribution in [-0.4, -0.2) is 31.1 Å². The van der Waals surface area contributed by atoms with Crippen LogP contribution in [0.2, 0.25) is 0 Å². The average molecular weight is 492 g/mol. The average Bonchev–Trinajstić information content (AvgIpc) is 2.77. The second-order valence-corrected chi connectivity index (χ2v) is 8.15. The summed E-state index contributed by atoms with van der Waals surface area (Å²) in [5.41, 5.74) is -2.23. The number of nitrogens with one attached hydrogen (secondary N) is 2. The predicted octanol–water partition coefficient (Wildman–Crippen LogP) is 5.09. The summed E-state index contributed by atoms with van der Waals surface area (Å²) in [6.07, 6.45) is 1.37. The van der Waals surface area contributed by atoms with E-state index in [0.717, 1.165) is 30.6 Å². The SMILES string of the molecule is CCC(C)Oc1cc(F)c([N+](=O)[O-])cc1Nc1ncnc(Nc2cc(F)c(F)cc2C(C)(C)O)n1. The number of nitro benzene ring substituents is 1. The van der Waals surface area contributed by atoms with Crippen molar-refractivity contribution in [3.05, 3.63) is 63.7 Å². The number of halogens is 3. The Balaban J connectivity index is 1.97. The normalized spacial score (nSPS) is 12.2. The molecule has 35 heavy (non-hydrogen) atoms. The summed E-state index contributed by atoms with van der Waals surface area (Å²) in [6, 6.07) is 3.55. The van der Waals surface area contributed by atoms with Gasteiger partial charge in [0.25, 0.3) is 0 Å². The third-order valence-electron chi connectivity index (χ3n) is 4.93. The van der Waals surface area contributed by atoms with Crippen molar-refractivity contribution in [3.63, 3.8) is 0 Å². The van der Waals surface area contributed by atoms with Crippen LogP contribution in [-0.2, 0) is 5.60 Å². The van der Waals surface area contributed by atoms with Crippen LogP contribution in [0, 0.1) is 27.6 Å². The molecular formula is C22H23F3N6O4. The van der Waals surface area contributed by atoms with Crippen molar-refractivity contribution in [2.75, 3.05) is 10.6 Å². The Bertz CT molecular complexity index is 1250. The Morgan fingerprint density at radius 3 is 2.23 bits per heavy atom. The lowest BCUT2D eigenvalue weighted by atomic mass is 9.96. The minimum atomic E-state index is -1.53. The topological polar surface area (TPSA) is 135 Å². The fourth-order valence-electron chi connectivity index (χ4n) is 2.99. The van der Waals surface area contributed by atoms with E-state index in [9.17, 15) is 28.4 Å². The van der Waals surface area contributed by atoms with Gasteiger partial charge < -0.3 is 20.5 Å². The first-order chi connectivity index (χ1) is 16.4. The monoisotopic (exact) mass is 492 g/mol. The summed E-state index contributed by atoms with van der Waals surface area (Å²) in [5, 5.41) is 27.0. The van der Waals surface area contributed by atoms with Gasteiger partial charge in [0.2, 0.25) is 17.7 Å². The van der Waals surface area contributed by atoms with Crippen molar-refractivity contribution in [3.8, 4) is 5.75 Å². The zero-order valence-corrected chi connectivity index (χ0v) is 19.3. The summed E-state index contributed by atoms with van der Waals surface area (Å²) >= 11 is 0. The fraction of sp³-hybridized carbons (Fsp3) is 0.318. The number of aromatic nitrogens is 3. The summed E-state index contributed by atoms with van der Waals surface area (Å²) < 4.78 is 47.5. The van der Waals surface area contributed by atoms with E-state index >= 15 is 0 Å². The highest BCUT2D eigenvalue weighted by Gasteiger charge is 2.24. The molecule has 2 aromatic carbocycles. The predicted molar refractivity (Wildman–Crippen MR) is 121 cm³/mol. The summed E-state index contributed by atoms with van der Waals surface area (Å²) in [4.78, 5) is 22.3. The van der Waals surface area contributed by atoms with Crippen molar-refractivity contribution >= 4 is 29.0 Å². The lowest BCUT2D eigenvalue weighted by Crippen LogP contribution is -2.19. The van der Waals surface area contributed by atoms with E-state index in [4.69, 9.17) is 4.74 Å². The number of nitrogens with zero attached hydrogens (tertiary/aromatic N) is 4. The lowest BCUT2D eigenvalue weighted by molar-refractivity contribution is -0.387. The van der Waals surface area contributed by atoms with Crippen LogP contribution in [0.25, 0.3) is 0 Å². The molecule has 10 nitrogen and oxygen atoms in total. The standard InChI is InChI=1S/C22H23F3N6O4/c1-5-11(2)35-19-8-15(25)18(31(33)34)9-17(19)29-21-27-10-26-20(30-21)28-16-7-14(24)13(23)6-12(16)22(3,4)32/h6-11,32H,5H2,1-4H3,(H2,26,27,28,29,30). The largest absolute Gasteiger partial charge is 0.488 e. The number of benzene rings is 2. The maximum Gasteiger partial charge on any atom is 0.307 e. The van der Waals surface area contributed by atoms with Crippen LogP contribution < -0.4 is 15.4 Å². The number of rotatable bonds is 9. The smallest absolute Gasteiger partial charge is 0.307 e. The molecule has 1 heterocycles. The Morgan fingerprint density at radius 1 is 1.06 bits per heavy atom. The zero-order chi connectivity index (χ0) is 25.9. The van der Waals surface area contributed by atoms with E-state index in [0.29, 0.717) is 6.42 Å². The molecule has 0 aliphatic heterocycles. The molecule has 13 heteroatoms. The first kappa shape index (κ1) is 25.6. The van der Waals surface area contributed by atoms with Crippen LogP contribution in [0.4, 0.5) is 42.1 Å². The number of ether oxygens (including phenoxy) is 1. The molecule has 1 aromatic heterocycles. The number of hydrogen-bond acceptors (Lipinski definition) is 9. The lowest BCUT2D eigenvalue weighted by Gasteiger charge is -2.22. The van der Waals surface area contributed by atoms with E-state index in [-0.39, 0.29) is 40.7 Å². The summed E-state index contributed by atoms with van der Waals surface area (Å²) in [5.74, 6) is -3.59. The molecule has 186 valence electrons. The van der Waals surface area contributed by atoms with Crippen LogP contribution in [0.3, 0.4) is 0 Å². The van der Waals surface area contributed by atoms with Crippen molar-refractivity contribution in [2.24, 2.45) is 0 Å². The van der Waals surface area contributed by atoms with Crippen LogP contribution >= 0.6 is 0 Å². The van der Waals surface area contributed by atoms with E-state index in [1.807, 2.05) is 6.92 Å². The van der Waals surface area contributed by atoms with Gasteiger partial charge in [0.05, 0.1) is 28.0 Å². The Kier molecular flexibility index (Phi) is 7.39. The summed E-state index contributed by atoms with van der Waals surface area (Å²) in [6.45, 7) is 6.39. The number of hydrogen-bond donors (Lipinski definition) is 3. The highest BCUT2D eigenvalue weighted by atomic mass is 19.2. The first-order valence-corrected chi connectivity index (χ1v) is 10.5. The maximum atomic E-state index is 14.2. The van der Waals surface area contributed by atoms with Gasteiger partial charge in [0.1, 0.15) is 12.1 Å². The van der Waals surface area contributed by atoms with E-state index in [1.165, 1.54) is 13.8 Å². The zero-order valence-electron chi connectivity index (χ0n) is 19.3. The Labute approximate surface area is 198 Å². The first-order valence-electron chi connectivity index (χ1n) is 10.5. The molecule has 0 amide bonds. The quantitative estimate of drug-likeness (QED) is 0.276. The molecule has 0 saturated carbocycles. The van der Waals surface area contributed by atoms with Crippen molar-refractivity contribution < 1.29 is 27.9 Å². The fourth-order valence-corrected chi connectivity index (χ4v) is 2.99. The van der Waals surface area contributed by atoms with Crippen LogP contribution in [0.5, 0.6) is 5.75 Å². The Morgan fingerprint density at radius 2 is 1.66 bits per heavy atom. The van der Waals surface area contributed by atoms with Crippen molar-refractivity contribution in [1.82, 2.24) is 15.0 Å². The molecule has 1 atom stereocenters. The number of nitro groups is 1. The molecule has 0 aliphatic rings. The molecule has 0 bridgehead atoms. The van der Waals surface area contributed by atoms with Crippen LogP contribution in [0.1, 0.15) is 39.7 Å². The molecule has 0 radical (unpaired) electrons. The van der Waals surface area contributed by atoms with Crippen molar-refractivity contribution in [2.45, 2.75) is 45.8 Å². The Hall–Kier alpha value is -4.00. The third kappa shape index (κ3) is 6.12. The maximum absolute atomic E-state index is 14.2. The molecule has 0 aliphatic carbocycles. The molecule has 0 fully saturated rings. The van der Waals surface area contributed by atoms with Gasteiger partial charge in [-0.05, 0) is 33.3 Å². The molecule has 0 spiro atoms. The van der Waals surface area contributed by atoms with Gasteiger partial charge in [-0.2, -0.15) is 9.37 Å². The molecular weight excluding hydrogens is 469 g/mol. The summed E-state index contributed by atoms with van der Waals surface area (Å²) in [7, 11) is 0. The second-order valence-electron chi connectivity index (χ2n) is 8.15. The second kappa shape index (κ2) is 10.1. The molecule has 1 unspecified atom stereocenters. The van der Waals surface area contributed by atoms with Gasteiger partial charge in [0, 0.05) is 23.8 Å². The van der Waals surface area contributed by atoms with Gasteiger partial charge in [-0.1, -0.05) is 6.92 Å². The van der Waals surface area contributed by atoms with E-state index < -0.39 is 33.7 Å². The van der Waals surface area contributed by atoms with Gasteiger partial charge in [-0.15, -0.1) is 0 Å². The third-order valence-corrected chi connectivity index (χ3v) is 4.93. The van der Waals surface area contributed by atoms with Gasteiger partial charge >= 0.3 is 5.69 Å². The van der Waals surface area contributed by atoms with Gasteiger partial charge in [-0.25, -0.2) is 18.7 Å². The van der Waals surface area contributed by atoms with Gasteiger partial charge in [0.15, 0.2) is 11.6 Å². The van der Waals surface area contributed by atoms with Gasteiger partial charge in [-0.3, -0.25) is 10.1 Å². The number of aliphatic hydroxyl groups is 1. The van der Waals surface area contributed by atoms with Crippen molar-refractivity contribution in [1.29, 1.82) is 0 Å². The highest BCUT2D eigenvalue weighted by molar-refractivity contribution is 5.67. The molecule has 0 saturated heterocycles. The minimum Gasteiger partial charge on any atom is -0.488 e. The minimum absolute atomic E-state index is 0.00212. The highest BCUT2D eigenvalue weighted by Crippen LogP contribution is 2.35. The molecule has 3 aromatic rings. The number of anilines is 4. The van der Waals surface area contributed by atoms with E-state index in [1.54, 1.807) is 6.92 Å². The van der Waals surface area contributed by atoms with Crippen LogP contribution in [0.15, 0.2) is 30.6 Å². The molecule has 3 N–H and O–H groups in total. The molecule has 3 rings (SSSR count).